The molecule has 5 rings (SSSR count). The molecule has 0 amide bonds. The minimum Gasteiger partial charge on any atom is -0.481 e. The van der Waals surface area contributed by atoms with E-state index in [-0.39, 0.29) is 11.3 Å². The summed E-state index contributed by atoms with van der Waals surface area (Å²) in [4.78, 5) is 25.5. The number of rotatable bonds is 4. The number of carbonyl (C=O) groups is 2. The van der Waals surface area contributed by atoms with Gasteiger partial charge in [-0.2, -0.15) is 0 Å². The van der Waals surface area contributed by atoms with Crippen molar-refractivity contribution in [3.63, 3.8) is 0 Å². The lowest BCUT2D eigenvalue weighted by Crippen LogP contribution is -2.71. The molecule has 0 heterocycles. The van der Waals surface area contributed by atoms with Gasteiger partial charge >= 0.3 is 11.9 Å². The van der Waals surface area contributed by atoms with Crippen molar-refractivity contribution in [2.75, 3.05) is 0 Å². The Labute approximate surface area is 201 Å². The number of aliphatic carboxylic acids is 1. The Morgan fingerprint density at radius 2 is 1.82 bits per heavy atom. The number of esters is 1. The average Bonchev–Trinajstić information content (AvgIpc) is 3.08. The topological polar surface area (TPSA) is 83.8 Å². The van der Waals surface area contributed by atoms with Crippen molar-refractivity contribution in [1.29, 1.82) is 0 Å². The molecular weight excluding hydrogens is 428 g/mol. The first-order valence-corrected chi connectivity index (χ1v) is 12.6. The largest absolute Gasteiger partial charge is 0.481 e. The zero-order chi connectivity index (χ0) is 24.4. The fourth-order valence-electron chi connectivity index (χ4n) is 8.53. The van der Waals surface area contributed by atoms with Crippen LogP contribution < -0.4 is 0 Å². The lowest BCUT2D eigenvalue weighted by atomic mass is 9.38. The maximum Gasteiger partial charge on any atom is 0.331 e. The number of hydrogen-bond acceptors (Lipinski definition) is 4. The highest BCUT2D eigenvalue weighted by atomic mass is 16.5. The third kappa shape index (κ3) is 3.08. The van der Waals surface area contributed by atoms with E-state index in [0.717, 1.165) is 37.7 Å². The van der Waals surface area contributed by atoms with E-state index in [0.29, 0.717) is 25.2 Å². The van der Waals surface area contributed by atoms with Crippen molar-refractivity contribution in [2.24, 2.45) is 28.1 Å². The van der Waals surface area contributed by atoms with E-state index in [4.69, 9.17) is 4.74 Å². The van der Waals surface area contributed by atoms with Crippen LogP contribution in [0, 0.1) is 28.1 Å². The van der Waals surface area contributed by atoms with Gasteiger partial charge in [-0.15, -0.1) is 0 Å². The molecule has 0 aromatic heterocycles. The maximum atomic E-state index is 12.8. The molecule has 34 heavy (non-hydrogen) atoms. The zero-order valence-corrected chi connectivity index (χ0v) is 20.3. The van der Waals surface area contributed by atoms with Crippen LogP contribution in [0.25, 0.3) is 6.08 Å². The van der Waals surface area contributed by atoms with Gasteiger partial charge < -0.3 is 14.9 Å². The summed E-state index contributed by atoms with van der Waals surface area (Å²) in [5.41, 5.74) is -0.779. The second kappa shape index (κ2) is 7.81. The molecule has 5 heteroatoms. The third-order valence-electron chi connectivity index (χ3n) is 10.4. The van der Waals surface area contributed by atoms with E-state index in [9.17, 15) is 19.8 Å². The number of hydrogen-bond donors (Lipinski definition) is 2. The highest BCUT2D eigenvalue weighted by Crippen LogP contribution is 2.74. The van der Waals surface area contributed by atoms with Gasteiger partial charge in [-0.1, -0.05) is 49.4 Å². The molecule has 1 aromatic carbocycles. The van der Waals surface area contributed by atoms with Crippen LogP contribution >= 0.6 is 0 Å². The van der Waals surface area contributed by atoms with Crippen LogP contribution in [0.5, 0.6) is 0 Å². The molecule has 0 radical (unpaired) electrons. The first-order chi connectivity index (χ1) is 16.1. The highest BCUT2D eigenvalue weighted by molar-refractivity contribution is 5.87. The van der Waals surface area contributed by atoms with E-state index >= 15 is 0 Å². The molecule has 182 valence electrons. The van der Waals surface area contributed by atoms with Crippen LogP contribution in [-0.4, -0.2) is 33.9 Å². The van der Waals surface area contributed by atoms with E-state index in [1.165, 1.54) is 11.6 Å². The van der Waals surface area contributed by atoms with E-state index in [1.807, 2.05) is 30.3 Å². The number of benzene rings is 1. The number of allylic oxidation sites excluding steroid dienone is 1. The Hall–Kier alpha value is -2.40. The summed E-state index contributed by atoms with van der Waals surface area (Å²) in [5, 5.41) is 22.9. The van der Waals surface area contributed by atoms with Gasteiger partial charge in [0, 0.05) is 16.9 Å². The molecule has 7 atom stereocenters. The number of aliphatic hydroxyl groups is 1. The SMILES string of the molecule is C=C1CC23CCC4C(C)(C(=O)O)C(OC(=O)C=Cc5ccccc5)CCC4(C)C2(O)CCC1C3. The van der Waals surface area contributed by atoms with Gasteiger partial charge in [0.25, 0.3) is 0 Å². The predicted molar refractivity (Wildman–Crippen MR) is 130 cm³/mol. The normalized spacial score (nSPS) is 43.3. The summed E-state index contributed by atoms with van der Waals surface area (Å²) in [5.74, 6) is -1.26. The van der Waals surface area contributed by atoms with Crippen molar-refractivity contribution in [2.45, 2.75) is 76.9 Å². The minimum atomic E-state index is -1.26. The van der Waals surface area contributed by atoms with Gasteiger partial charge in [-0.25, -0.2) is 4.79 Å². The van der Waals surface area contributed by atoms with Crippen molar-refractivity contribution in [3.8, 4) is 0 Å². The van der Waals surface area contributed by atoms with Crippen LogP contribution in [0.15, 0.2) is 48.6 Å². The predicted octanol–water partition coefficient (Wildman–Crippen LogP) is 5.39. The lowest BCUT2D eigenvalue weighted by molar-refractivity contribution is -0.276. The van der Waals surface area contributed by atoms with E-state index in [2.05, 4.69) is 13.5 Å². The first-order valence-electron chi connectivity index (χ1n) is 12.6. The molecule has 7 unspecified atom stereocenters. The number of carboxylic acids is 1. The minimum absolute atomic E-state index is 0.195. The Bertz CT molecular complexity index is 1050. The van der Waals surface area contributed by atoms with E-state index < -0.39 is 34.5 Å². The van der Waals surface area contributed by atoms with Crippen molar-refractivity contribution in [3.05, 3.63) is 54.1 Å². The Morgan fingerprint density at radius 3 is 2.53 bits per heavy atom. The molecule has 4 aliphatic carbocycles. The van der Waals surface area contributed by atoms with Crippen LogP contribution in [-0.2, 0) is 14.3 Å². The Balaban J connectivity index is 1.43. The molecule has 4 aliphatic rings. The third-order valence-corrected chi connectivity index (χ3v) is 10.4. The van der Waals surface area contributed by atoms with Gasteiger partial charge in [-0.05, 0) is 81.8 Å². The zero-order valence-electron chi connectivity index (χ0n) is 20.3. The summed E-state index contributed by atoms with van der Waals surface area (Å²) >= 11 is 0. The average molecular weight is 465 g/mol. The van der Waals surface area contributed by atoms with Gasteiger partial charge in [0.1, 0.15) is 11.5 Å². The number of carbonyl (C=O) groups excluding carboxylic acids is 1. The van der Waals surface area contributed by atoms with Gasteiger partial charge in [0.2, 0.25) is 0 Å². The summed E-state index contributed by atoms with van der Waals surface area (Å²) in [6.07, 6.45) is 8.37. The highest BCUT2D eigenvalue weighted by Gasteiger charge is 2.74. The standard InChI is InChI=1S/C29H36O5/c1-19-17-28-15-12-22-26(2,29(28,33)16-11-21(19)18-28)14-13-23(27(22,3)25(31)32)34-24(30)10-9-20-7-5-4-6-8-20/h4-10,21-23,33H,1,11-18H2,2-3H3,(H,31,32). The second-order valence-electron chi connectivity index (χ2n) is 11.7. The monoisotopic (exact) mass is 464 g/mol. The number of fused-ring (bicyclic) bond motifs is 3. The molecular formula is C29H36O5. The summed E-state index contributed by atoms with van der Waals surface area (Å²) in [6.45, 7) is 8.15. The fraction of sp³-hybridized carbons (Fsp3) is 0.586. The molecule has 2 bridgehead atoms. The molecule has 5 nitrogen and oxygen atoms in total. The summed E-state index contributed by atoms with van der Waals surface area (Å²) in [6, 6.07) is 9.47. The smallest absolute Gasteiger partial charge is 0.331 e. The van der Waals surface area contributed by atoms with Gasteiger partial charge in [-0.3, -0.25) is 4.79 Å². The Morgan fingerprint density at radius 1 is 1.09 bits per heavy atom. The van der Waals surface area contributed by atoms with Crippen LogP contribution in [0.4, 0.5) is 0 Å². The maximum absolute atomic E-state index is 12.8. The molecule has 0 saturated heterocycles. The molecule has 1 aromatic rings. The summed E-state index contributed by atoms with van der Waals surface area (Å²) < 4.78 is 5.83. The van der Waals surface area contributed by atoms with Crippen LogP contribution in [0.1, 0.15) is 70.8 Å². The van der Waals surface area contributed by atoms with E-state index in [1.54, 1.807) is 13.0 Å². The molecule has 4 saturated carbocycles. The second-order valence-corrected chi connectivity index (χ2v) is 11.7. The van der Waals surface area contributed by atoms with Crippen molar-refractivity contribution < 1.29 is 24.5 Å². The van der Waals surface area contributed by atoms with Gasteiger partial charge in [0.05, 0.1) is 5.60 Å². The molecule has 1 spiro atoms. The summed E-state index contributed by atoms with van der Waals surface area (Å²) in [7, 11) is 0. The van der Waals surface area contributed by atoms with Crippen LogP contribution in [0.3, 0.4) is 0 Å². The molecule has 4 fully saturated rings. The van der Waals surface area contributed by atoms with Crippen LogP contribution in [0.2, 0.25) is 0 Å². The quantitative estimate of drug-likeness (QED) is 0.355. The molecule has 2 N–H and O–H groups in total. The first kappa shape index (κ1) is 23.3. The fourth-order valence-corrected chi connectivity index (χ4v) is 8.53. The number of carboxylic acid groups (broad SMARTS) is 1. The molecule has 0 aliphatic heterocycles. The van der Waals surface area contributed by atoms with Gasteiger partial charge in [0.15, 0.2) is 0 Å². The van der Waals surface area contributed by atoms with Crippen molar-refractivity contribution >= 4 is 18.0 Å². The van der Waals surface area contributed by atoms with Crippen molar-refractivity contribution in [1.82, 2.24) is 0 Å². The number of ether oxygens (including phenoxy) is 1. The lowest BCUT2D eigenvalue weighted by Gasteiger charge is -2.68. The Kier molecular flexibility index (Phi) is 5.36.